The summed E-state index contributed by atoms with van der Waals surface area (Å²) in [6.07, 6.45) is 5.51. The average molecular weight is 394 g/mol. The molecule has 0 bridgehead atoms. The number of halogens is 1. The predicted molar refractivity (Wildman–Crippen MR) is 109 cm³/mol. The molecule has 2 heterocycles. The number of carbonyl (C=O) groups excluding carboxylic acids is 1. The minimum Gasteiger partial charge on any atom is -0.486 e. The number of nitrogens with zero attached hydrogens (tertiary/aromatic N) is 2. The Morgan fingerprint density at radius 2 is 2.11 bits per heavy atom. The van der Waals surface area contributed by atoms with Crippen molar-refractivity contribution in [2.75, 3.05) is 6.54 Å². The van der Waals surface area contributed by atoms with Crippen molar-refractivity contribution in [3.8, 4) is 17.0 Å². The molecule has 1 aliphatic rings. The van der Waals surface area contributed by atoms with Gasteiger partial charge in [0.15, 0.2) is 0 Å². The Kier molecular flexibility index (Phi) is 5.01. The second-order valence-corrected chi connectivity index (χ2v) is 7.42. The summed E-state index contributed by atoms with van der Waals surface area (Å²) in [6, 6.07) is 9.72. The Bertz CT molecular complexity index is 1040. The summed E-state index contributed by atoms with van der Waals surface area (Å²) in [5.41, 5.74) is 5.39. The van der Waals surface area contributed by atoms with Crippen molar-refractivity contribution in [1.29, 1.82) is 0 Å². The van der Waals surface area contributed by atoms with E-state index >= 15 is 0 Å². The minimum absolute atomic E-state index is 0.0906. The summed E-state index contributed by atoms with van der Waals surface area (Å²) in [6.45, 7) is 4.32. The second kappa shape index (κ2) is 7.60. The van der Waals surface area contributed by atoms with E-state index in [-0.39, 0.29) is 12.0 Å². The van der Waals surface area contributed by atoms with E-state index in [2.05, 4.69) is 15.3 Å². The third-order valence-electron chi connectivity index (χ3n) is 4.84. The summed E-state index contributed by atoms with van der Waals surface area (Å²) in [7, 11) is 0. The zero-order chi connectivity index (χ0) is 19.7. The fourth-order valence-corrected chi connectivity index (χ4v) is 3.66. The van der Waals surface area contributed by atoms with Gasteiger partial charge in [-0.25, -0.2) is 0 Å². The van der Waals surface area contributed by atoms with Gasteiger partial charge in [-0.1, -0.05) is 29.3 Å². The van der Waals surface area contributed by atoms with E-state index in [1.165, 1.54) is 0 Å². The average Bonchev–Trinajstić information content (AvgIpc) is 3.12. The van der Waals surface area contributed by atoms with Crippen LogP contribution in [-0.2, 0) is 6.42 Å². The molecule has 28 heavy (non-hydrogen) atoms. The molecule has 0 spiro atoms. The van der Waals surface area contributed by atoms with E-state index in [9.17, 15) is 4.79 Å². The first-order valence-corrected chi connectivity index (χ1v) is 9.50. The van der Waals surface area contributed by atoms with Gasteiger partial charge in [-0.3, -0.25) is 14.8 Å². The molecule has 0 saturated carbocycles. The summed E-state index contributed by atoms with van der Waals surface area (Å²) < 4.78 is 5.99. The van der Waals surface area contributed by atoms with Crippen LogP contribution in [0.1, 0.15) is 27.0 Å². The van der Waals surface area contributed by atoms with Gasteiger partial charge in [0.05, 0.1) is 23.5 Å². The van der Waals surface area contributed by atoms with Crippen molar-refractivity contribution in [2.45, 2.75) is 26.4 Å². The van der Waals surface area contributed by atoms with Gasteiger partial charge in [0.1, 0.15) is 11.9 Å². The molecule has 1 aliphatic heterocycles. The fourth-order valence-electron chi connectivity index (χ4n) is 3.38. The normalized spacial score (nSPS) is 15.0. The smallest absolute Gasteiger partial charge is 0.251 e. The molecule has 0 aliphatic carbocycles. The molecule has 6 heteroatoms. The van der Waals surface area contributed by atoms with E-state index in [0.29, 0.717) is 29.3 Å². The zero-order valence-electron chi connectivity index (χ0n) is 15.7. The Labute approximate surface area is 168 Å². The molecule has 142 valence electrons. The SMILES string of the molecule is Cc1ccc(C)c(C(=O)NC[C@@H]2Cc3cc(-c4cnccn4)cc(Cl)c3O2)c1. The zero-order valence-corrected chi connectivity index (χ0v) is 16.5. The third-order valence-corrected chi connectivity index (χ3v) is 5.12. The first-order chi connectivity index (χ1) is 13.5. The third kappa shape index (κ3) is 3.71. The molecule has 0 saturated heterocycles. The highest BCUT2D eigenvalue weighted by molar-refractivity contribution is 6.32. The van der Waals surface area contributed by atoms with Gasteiger partial charge in [0.2, 0.25) is 0 Å². The topological polar surface area (TPSA) is 64.1 Å². The van der Waals surface area contributed by atoms with E-state index < -0.39 is 0 Å². The van der Waals surface area contributed by atoms with E-state index in [1.54, 1.807) is 18.6 Å². The fraction of sp³-hybridized carbons (Fsp3) is 0.227. The van der Waals surface area contributed by atoms with Crippen molar-refractivity contribution in [3.05, 3.63) is 76.2 Å². The highest BCUT2D eigenvalue weighted by Gasteiger charge is 2.27. The van der Waals surface area contributed by atoms with Crippen molar-refractivity contribution in [1.82, 2.24) is 15.3 Å². The van der Waals surface area contributed by atoms with Gasteiger partial charge in [0, 0.05) is 35.5 Å². The van der Waals surface area contributed by atoms with Crippen LogP contribution in [0.4, 0.5) is 0 Å². The van der Waals surface area contributed by atoms with Gasteiger partial charge >= 0.3 is 0 Å². The van der Waals surface area contributed by atoms with Gasteiger partial charge in [-0.15, -0.1) is 0 Å². The monoisotopic (exact) mass is 393 g/mol. The molecular weight excluding hydrogens is 374 g/mol. The number of rotatable bonds is 4. The molecule has 1 aromatic heterocycles. The maximum Gasteiger partial charge on any atom is 0.251 e. The summed E-state index contributed by atoms with van der Waals surface area (Å²) in [5.74, 6) is 0.590. The Balaban J connectivity index is 1.46. The molecule has 1 amide bonds. The summed E-state index contributed by atoms with van der Waals surface area (Å²) in [5, 5.41) is 3.52. The van der Waals surface area contributed by atoms with Crippen LogP contribution < -0.4 is 10.1 Å². The predicted octanol–water partition coefficient (Wildman–Crippen LogP) is 4.15. The quantitative estimate of drug-likeness (QED) is 0.723. The maximum absolute atomic E-state index is 12.5. The van der Waals surface area contributed by atoms with E-state index in [1.807, 2.05) is 44.2 Å². The Morgan fingerprint density at radius 1 is 1.25 bits per heavy atom. The lowest BCUT2D eigenvalue weighted by Gasteiger charge is -2.13. The molecule has 2 aromatic carbocycles. The van der Waals surface area contributed by atoms with Crippen LogP contribution in [0.15, 0.2) is 48.9 Å². The van der Waals surface area contributed by atoms with Gasteiger partial charge in [-0.2, -0.15) is 0 Å². The number of benzene rings is 2. The van der Waals surface area contributed by atoms with Crippen molar-refractivity contribution in [3.63, 3.8) is 0 Å². The highest BCUT2D eigenvalue weighted by Crippen LogP contribution is 2.39. The van der Waals surface area contributed by atoms with Crippen LogP contribution in [0.3, 0.4) is 0 Å². The van der Waals surface area contributed by atoms with Crippen molar-refractivity contribution >= 4 is 17.5 Å². The number of fused-ring (bicyclic) bond motifs is 1. The molecule has 0 unspecified atom stereocenters. The number of amides is 1. The highest BCUT2D eigenvalue weighted by atomic mass is 35.5. The number of ether oxygens (including phenoxy) is 1. The summed E-state index contributed by atoms with van der Waals surface area (Å²) in [4.78, 5) is 21.0. The molecule has 3 aromatic rings. The molecule has 1 N–H and O–H groups in total. The molecular formula is C22H20ClN3O2. The maximum atomic E-state index is 12.5. The molecule has 0 radical (unpaired) electrons. The minimum atomic E-state index is -0.154. The summed E-state index contributed by atoms with van der Waals surface area (Å²) >= 11 is 6.43. The van der Waals surface area contributed by atoms with E-state index in [0.717, 1.165) is 27.9 Å². The molecule has 0 fully saturated rings. The number of carbonyl (C=O) groups is 1. The van der Waals surface area contributed by atoms with Crippen molar-refractivity contribution < 1.29 is 9.53 Å². The van der Waals surface area contributed by atoms with Crippen LogP contribution in [0.5, 0.6) is 5.75 Å². The molecule has 5 nitrogen and oxygen atoms in total. The lowest BCUT2D eigenvalue weighted by Crippen LogP contribution is -2.34. The first-order valence-electron chi connectivity index (χ1n) is 9.12. The van der Waals surface area contributed by atoms with E-state index in [4.69, 9.17) is 16.3 Å². The number of hydrogen-bond donors (Lipinski definition) is 1. The van der Waals surface area contributed by atoms with Crippen LogP contribution in [0.2, 0.25) is 5.02 Å². The van der Waals surface area contributed by atoms with Crippen molar-refractivity contribution in [2.24, 2.45) is 0 Å². The van der Waals surface area contributed by atoms with Gasteiger partial charge in [-0.05, 0) is 37.6 Å². The molecule has 1 atom stereocenters. The largest absolute Gasteiger partial charge is 0.486 e. The standard InChI is InChI=1S/C22H20ClN3O2/c1-13-3-4-14(2)18(7-13)22(27)26-11-17-9-16-8-15(10-19(23)21(16)28-17)20-12-24-5-6-25-20/h3-8,10,12,17H,9,11H2,1-2H3,(H,26,27)/t17-/m0/s1. The lowest BCUT2D eigenvalue weighted by atomic mass is 10.0. The first kappa shape index (κ1) is 18.4. The number of aromatic nitrogens is 2. The second-order valence-electron chi connectivity index (χ2n) is 7.01. The Hall–Kier alpha value is -2.92. The number of hydrogen-bond acceptors (Lipinski definition) is 4. The number of aryl methyl sites for hydroxylation is 2. The van der Waals surface area contributed by atoms with Gasteiger partial charge in [0.25, 0.3) is 5.91 Å². The molecule has 4 rings (SSSR count). The van der Waals surface area contributed by atoms with Gasteiger partial charge < -0.3 is 10.1 Å². The van der Waals surface area contributed by atoms with Crippen LogP contribution in [-0.4, -0.2) is 28.5 Å². The van der Waals surface area contributed by atoms with Crippen LogP contribution >= 0.6 is 11.6 Å². The number of nitrogens with one attached hydrogen (secondary N) is 1. The van der Waals surface area contributed by atoms with Crippen LogP contribution in [0, 0.1) is 13.8 Å². The van der Waals surface area contributed by atoms with Crippen LogP contribution in [0.25, 0.3) is 11.3 Å². The Morgan fingerprint density at radius 3 is 2.89 bits per heavy atom. The lowest BCUT2D eigenvalue weighted by molar-refractivity contribution is 0.0933.